The molecule has 0 saturated carbocycles. The van der Waals surface area contributed by atoms with Crippen molar-refractivity contribution >= 4 is 33.1 Å². The Bertz CT molecular complexity index is 847. The third kappa shape index (κ3) is 2.77. The number of rotatable bonds is 4. The van der Waals surface area contributed by atoms with E-state index in [0.717, 1.165) is 16.4 Å². The predicted octanol–water partition coefficient (Wildman–Crippen LogP) is 2.12. The fourth-order valence-electron chi connectivity index (χ4n) is 1.91. The van der Waals surface area contributed by atoms with Crippen LogP contribution < -0.4 is 4.31 Å². The first kappa shape index (κ1) is 16.2. The van der Waals surface area contributed by atoms with Crippen LogP contribution in [0.15, 0.2) is 29.3 Å². The predicted molar refractivity (Wildman–Crippen MR) is 81.6 cm³/mol. The number of anilines is 1. The van der Waals surface area contributed by atoms with Gasteiger partial charge < -0.3 is 0 Å². The highest BCUT2D eigenvalue weighted by atomic mass is 35.5. The van der Waals surface area contributed by atoms with Crippen molar-refractivity contribution in [2.24, 2.45) is 7.05 Å². The summed E-state index contributed by atoms with van der Waals surface area (Å²) < 4.78 is 27.8. The summed E-state index contributed by atoms with van der Waals surface area (Å²) in [6, 6.07) is 3.77. The summed E-state index contributed by atoms with van der Waals surface area (Å²) in [4.78, 5) is 10.1. The SMILES string of the molecule is Cc1cc([N+](=O)[O-])c(Cl)cc1S(=O)(=O)N(C)c1ccn(C)n1. The second kappa shape index (κ2) is 5.58. The number of nitro groups is 1. The highest BCUT2D eigenvalue weighted by Gasteiger charge is 2.27. The Morgan fingerprint density at radius 1 is 1.41 bits per heavy atom. The lowest BCUT2D eigenvalue weighted by Gasteiger charge is -2.18. The van der Waals surface area contributed by atoms with Gasteiger partial charge in [0.2, 0.25) is 0 Å². The third-order valence-electron chi connectivity index (χ3n) is 3.10. The molecule has 0 saturated heterocycles. The minimum Gasteiger partial charge on any atom is -0.274 e. The van der Waals surface area contributed by atoms with Gasteiger partial charge in [-0.1, -0.05) is 11.6 Å². The van der Waals surface area contributed by atoms with Gasteiger partial charge in [-0.25, -0.2) is 8.42 Å². The Hall–Kier alpha value is -2.13. The molecule has 0 spiro atoms. The Balaban J connectivity index is 2.54. The van der Waals surface area contributed by atoms with E-state index in [2.05, 4.69) is 5.10 Å². The van der Waals surface area contributed by atoms with Gasteiger partial charge in [-0.2, -0.15) is 5.10 Å². The van der Waals surface area contributed by atoms with Crippen molar-refractivity contribution in [3.8, 4) is 0 Å². The van der Waals surface area contributed by atoms with Gasteiger partial charge in [-0.15, -0.1) is 0 Å². The lowest BCUT2D eigenvalue weighted by Crippen LogP contribution is -2.27. The van der Waals surface area contributed by atoms with E-state index in [1.165, 1.54) is 18.7 Å². The highest BCUT2D eigenvalue weighted by molar-refractivity contribution is 7.92. The topological polar surface area (TPSA) is 98.3 Å². The van der Waals surface area contributed by atoms with E-state index in [0.29, 0.717) is 0 Å². The lowest BCUT2D eigenvalue weighted by atomic mass is 10.2. The quantitative estimate of drug-likeness (QED) is 0.625. The molecule has 0 fully saturated rings. The monoisotopic (exact) mass is 344 g/mol. The van der Waals surface area contributed by atoms with Crippen LogP contribution in [0.5, 0.6) is 0 Å². The van der Waals surface area contributed by atoms with Crippen molar-refractivity contribution in [2.75, 3.05) is 11.4 Å². The van der Waals surface area contributed by atoms with Gasteiger partial charge >= 0.3 is 0 Å². The molecule has 0 bridgehead atoms. The average molecular weight is 345 g/mol. The smallest absolute Gasteiger partial charge is 0.274 e. The molecule has 1 aromatic heterocycles. The van der Waals surface area contributed by atoms with Gasteiger partial charge in [0.25, 0.3) is 15.7 Å². The number of sulfonamides is 1. The Kier molecular flexibility index (Phi) is 4.12. The molecule has 118 valence electrons. The first-order valence-corrected chi connectivity index (χ1v) is 7.89. The standard InChI is InChI=1S/C12H13ClN4O4S/c1-8-6-10(17(18)19)9(13)7-11(8)22(20,21)16(3)12-4-5-15(2)14-12/h4-7H,1-3H3. The molecule has 10 heteroatoms. The Labute approximate surface area is 132 Å². The van der Waals surface area contributed by atoms with Crippen LogP contribution >= 0.6 is 11.6 Å². The van der Waals surface area contributed by atoms with Crippen LogP contribution in [0, 0.1) is 17.0 Å². The second-order valence-corrected chi connectivity index (χ2v) is 6.99. The summed E-state index contributed by atoms with van der Waals surface area (Å²) in [6.07, 6.45) is 1.61. The van der Waals surface area contributed by atoms with Crippen molar-refractivity contribution in [3.05, 3.63) is 45.1 Å². The molecule has 2 rings (SSSR count). The maximum atomic E-state index is 12.6. The Morgan fingerprint density at radius 2 is 2.05 bits per heavy atom. The number of aryl methyl sites for hydroxylation is 2. The molecule has 1 heterocycles. The van der Waals surface area contributed by atoms with Crippen LogP contribution in [0.4, 0.5) is 11.5 Å². The number of hydrogen-bond donors (Lipinski definition) is 0. The first-order valence-electron chi connectivity index (χ1n) is 6.07. The molecule has 0 aliphatic carbocycles. The van der Waals surface area contributed by atoms with Crippen LogP contribution in [0.25, 0.3) is 0 Å². The molecule has 0 unspecified atom stereocenters. The fourth-order valence-corrected chi connectivity index (χ4v) is 3.58. The zero-order valence-electron chi connectivity index (χ0n) is 12.0. The zero-order valence-corrected chi connectivity index (χ0v) is 13.6. The molecule has 0 aliphatic heterocycles. The van der Waals surface area contributed by atoms with Crippen LogP contribution in [-0.4, -0.2) is 30.2 Å². The van der Waals surface area contributed by atoms with Crippen LogP contribution in [0.1, 0.15) is 5.56 Å². The summed E-state index contributed by atoms with van der Waals surface area (Å²) in [5.74, 6) is 0.233. The molecule has 8 nitrogen and oxygen atoms in total. The summed E-state index contributed by atoms with van der Waals surface area (Å²) in [5, 5.41) is 14.6. The average Bonchev–Trinajstić information content (AvgIpc) is 2.86. The molecule has 0 atom stereocenters. The number of aromatic nitrogens is 2. The number of nitro benzene ring substituents is 1. The van der Waals surface area contributed by atoms with Crippen molar-refractivity contribution < 1.29 is 13.3 Å². The maximum Gasteiger partial charge on any atom is 0.288 e. The number of hydrogen-bond acceptors (Lipinski definition) is 5. The maximum absolute atomic E-state index is 12.6. The van der Waals surface area contributed by atoms with E-state index in [-0.39, 0.29) is 27.0 Å². The van der Waals surface area contributed by atoms with Crippen molar-refractivity contribution in [1.82, 2.24) is 9.78 Å². The van der Waals surface area contributed by atoms with Crippen LogP contribution in [0.2, 0.25) is 5.02 Å². The van der Waals surface area contributed by atoms with Crippen molar-refractivity contribution in [3.63, 3.8) is 0 Å². The van der Waals surface area contributed by atoms with Gasteiger partial charge in [0.05, 0.1) is 9.82 Å². The minimum atomic E-state index is -3.92. The molecule has 0 amide bonds. The highest BCUT2D eigenvalue weighted by Crippen LogP contribution is 2.32. The summed E-state index contributed by atoms with van der Waals surface area (Å²) in [5.41, 5.74) is -0.0995. The molecular formula is C12H13ClN4O4S. The van der Waals surface area contributed by atoms with Gasteiger partial charge in [-0.05, 0) is 18.6 Å². The summed E-state index contributed by atoms with van der Waals surface area (Å²) >= 11 is 5.81. The van der Waals surface area contributed by atoms with Crippen molar-refractivity contribution in [1.29, 1.82) is 0 Å². The number of benzene rings is 1. The Morgan fingerprint density at radius 3 is 2.55 bits per heavy atom. The zero-order chi connectivity index (χ0) is 16.7. The van der Waals surface area contributed by atoms with Gasteiger partial charge in [0, 0.05) is 32.4 Å². The van der Waals surface area contributed by atoms with Gasteiger partial charge in [0.15, 0.2) is 5.82 Å². The van der Waals surface area contributed by atoms with E-state index in [9.17, 15) is 18.5 Å². The van der Waals surface area contributed by atoms with E-state index in [4.69, 9.17) is 11.6 Å². The molecule has 0 radical (unpaired) electrons. The molecule has 22 heavy (non-hydrogen) atoms. The van der Waals surface area contributed by atoms with Crippen LogP contribution in [-0.2, 0) is 17.1 Å². The molecule has 1 aromatic carbocycles. The molecule has 2 aromatic rings. The largest absolute Gasteiger partial charge is 0.288 e. The number of halogens is 1. The normalized spacial score (nSPS) is 11.5. The lowest BCUT2D eigenvalue weighted by molar-refractivity contribution is -0.384. The van der Waals surface area contributed by atoms with E-state index >= 15 is 0 Å². The second-order valence-electron chi connectivity index (χ2n) is 4.65. The molecule has 0 aliphatic rings. The third-order valence-corrected chi connectivity index (χ3v) is 5.31. The van der Waals surface area contributed by atoms with Gasteiger partial charge in [0.1, 0.15) is 5.02 Å². The van der Waals surface area contributed by atoms with Crippen molar-refractivity contribution in [2.45, 2.75) is 11.8 Å². The van der Waals surface area contributed by atoms with E-state index < -0.39 is 14.9 Å². The summed E-state index contributed by atoms with van der Waals surface area (Å²) in [6.45, 7) is 1.47. The molecular weight excluding hydrogens is 332 g/mol. The first-order chi connectivity index (χ1) is 10.1. The van der Waals surface area contributed by atoms with Crippen LogP contribution in [0.3, 0.4) is 0 Å². The fraction of sp³-hybridized carbons (Fsp3) is 0.250. The van der Waals surface area contributed by atoms with E-state index in [1.807, 2.05) is 0 Å². The van der Waals surface area contributed by atoms with Gasteiger partial charge in [-0.3, -0.25) is 19.1 Å². The minimum absolute atomic E-state index is 0.101. The summed E-state index contributed by atoms with van der Waals surface area (Å²) in [7, 11) is -0.906. The molecule has 0 N–H and O–H groups in total. The van der Waals surface area contributed by atoms with E-state index in [1.54, 1.807) is 19.3 Å². The number of nitrogens with zero attached hydrogens (tertiary/aromatic N) is 4.